The van der Waals surface area contributed by atoms with Crippen LogP contribution in [0.3, 0.4) is 0 Å². The van der Waals surface area contributed by atoms with Crippen LogP contribution in [-0.4, -0.2) is 15.9 Å². The Morgan fingerprint density at radius 1 is 1.35 bits per heavy atom. The number of anilines is 1. The summed E-state index contributed by atoms with van der Waals surface area (Å²) in [5.74, 6) is 5.08. The number of nitrogens with two attached hydrogens (primary N) is 1. The van der Waals surface area contributed by atoms with Gasteiger partial charge in [0.15, 0.2) is 0 Å². The normalized spacial score (nSPS) is 10.2. The molecule has 0 saturated carbocycles. The Balaban J connectivity index is 2.08. The molecule has 0 saturated heterocycles. The van der Waals surface area contributed by atoms with Gasteiger partial charge in [0.25, 0.3) is 5.91 Å². The Morgan fingerprint density at radius 2 is 2.15 bits per heavy atom. The van der Waals surface area contributed by atoms with Crippen LogP contribution in [0.1, 0.15) is 21.7 Å². The molecule has 1 aromatic carbocycles. The van der Waals surface area contributed by atoms with Gasteiger partial charge < -0.3 is 10.7 Å². The molecule has 0 atom stereocenters. The lowest BCUT2D eigenvalue weighted by Gasteiger charge is -2.10. The van der Waals surface area contributed by atoms with Gasteiger partial charge in [0.05, 0.1) is 35.4 Å². The zero-order chi connectivity index (χ0) is 14.5. The Morgan fingerprint density at radius 3 is 2.80 bits per heavy atom. The molecule has 2 aromatic rings. The first-order valence-corrected chi connectivity index (χ1v) is 6.30. The van der Waals surface area contributed by atoms with Gasteiger partial charge in [0.2, 0.25) is 0 Å². The average Bonchev–Trinajstić information content (AvgIpc) is 2.46. The van der Waals surface area contributed by atoms with Gasteiger partial charge in [-0.05, 0) is 25.1 Å². The summed E-state index contributed by atoms with van der Waals surface area (Å²) < 4.78 is 0. The second kappa shape index (κ2) is 6.31. The first-order chi connectivity index (χ1) is 9.60. The van der Waals surface area contributed by atoms with Crippen LogP contribution in [0.4, 0.5) is 5.69 Å². The molecular formula is C13H14ClN5O. The van der Waals surface area contributed by atoms with Crippen molar-refractivity contribution < 1.29 is 4.79 Å². The maximum atomic E-state index is 12.1. The maximum Gasteiger partial charge on any atom is 0.253 e. The molecule has 0 radical (unpaired) electrons. The number of rotatable bonds is 4. The van der Waals surface area contributed by atoms with Crippen LogP contribution in [0.5, 0.6) is 0 Å². The molecule has 0 unspecified atom stereocenters. The van der Waals surface area contributed by atoms with Gasteiger partial charge >= 0.3 is 0 Å². The fourth-order valence-corrected chi connectivity index (χ4v) is 1.78. The molecule has 0 aliphatic heterocycles. The highest BCUT2D eigenvalue weighted by Crippen LogP contribution is 2.19. The number of nitrogen functional groups attached to an aromatic ring is 1. The molecule has 7 heteroatoms. The molecule has 0 fully saturated rings. The van der Waals surface area contributed by atoms with Gasteiger partial charge in [-0.1, -0.05) is 11.6 Å². The first-order valence-electron chi connectivity index (χ1n) is 5.92. The molecule has 1 amide bonds. The van der Waals surface area contributed by atoms with E-state index in [9.17, 15) is 4.79 Å². The molecule has 20 heavy (non-hydrogen) atoms. The highest BCUT2D eigenvalue weighted by molar-refractivity contribution is 6.31. The summed E-state index contributed by atoms with van der Waals surface area (Å²) in [6, 6.07) is 4.84. The van der Waals surface area contributed by atoms with E-state index in [1.54, 1.807) is 30.6 Å². The van der Waals surface area contributed by atoms with Gasteiger partial charge in [-0.15, -0.1) is 0 Å². The molecular weight excluding hydrogens is 278 g/mol. The molecule has 0 aliphatic carbocycles. The van der Waals surface area contributed by atoms with Crippen LogP contribution in [0.2, 0.25) is 5.02 Å². The van der Waals surface area contributed by atoms with Crippen molar-refractivity contribution in [2.75, 3.05) is 5.43 Å². The fourth-order valence-electron chi connectivity index (χ4n) is 1.61. The van der Waals surface area contributed by atoms with Crippen LogP contribution in [0, 0.1) is 6.92 Å². The molecule has 1 aromatic heterocycles. The van der Waals surface area contributed by atoms with Gasteiger partial charge in [0.1, 0.15) is 0 Å². The van der Waals surface area contributed by atoms with Crippen molar-refractivity contribution in [1.82, 2.24) is 15.3 Å². The summed E-state index contributed by atoms with van der Waals surface area (Å²) in [6.07, 6.45) is 3.27. The summed E-state index contributed by atoms with van der Waals surface area (Å²) in [6.45, 7) is 2.13. The highest BCUT2D eigenvalue weighted by Gasteiger charge is 2.11. The smallest absolute Gasteiger partial charge is 0.253 e. The number of carbonyl (C=O) groups is 1. The number of hydrogen-bond acceptors (Lipinski definition) is 5. The number of nitrogens with zero attached hydrogens (tertiary/aromatic N) is 2. The number of amides is 1. The summed E-state index contributed by atoms with van der Waals surface area (Å²) in [4.78, 5) is 20.4. The molecule has 2 rings (SSSR count). The van der Waals surface area contributed by atoms with Crippen LogP contribution < -0.4 is 16.6 Å². The van der Waals surface area contributed by atoms with Crippen LogP contribution in [-0.2, 0) is 6.54 Å². The summed E-state index contributed by atoms with van der Waals surface area (Å²) in [7, 11) is 0. The van der Waals surface area contributed by atoms with E-state index < -0.39 is 0 Å². The monoisotopic (exact) mass is 291 g/mol. The number of hydrazine groups is 1. The van der Waals surface area contributed by atoms with E-state index in [4.69, 9.17) is 17.4 Å². The molecule has 1 heterocycles. The van der Waals surface area contributed by atoms with Crippen molar-refractivity contribution >= 4 is 23.2 Å². The molecule has 0 aliphatic rings. The Bertz CT molecular complexity index is 615. The number of carbonyl (C=O) groups excluding carboxylic acids is 1. The van der Waals surface area contributed by atoms with E-state index in [0.717, 1.165) is 5.69 Å². The third-order valence-electron chi connectivity index (χ3n) is 2.65. The fraction of sp³-hybridized carbons (Fsp3) is 0.154. The van der Waals surface area contributed by atoms with E-state index in [1.165, 1.54) is 0 Å². The Hall–Kier alpha value is -2.18. The third kappa shape index (κ3) is 3.43. The van der Waals surface area contributed by atoms with E-state index in [0.29, 0.717) is 22.0 Å². The van der Waals surface area contributed by atoms with Crippen molar-refractivity contribution in [3.05, 3.63) is 52.6 Å². The average molecular weight is 292 g/mol. The number of aromatic nitrogens is 2. The van der Waals surface area contributed by atoms with Crippen molar-refractivity contribution in [3.8, 4) is 0 Å². The molecule has 4 N–H and O–H groups in total. The second-order valence-corrected chi connectivity index (χ2v) is 4.60. The van der Waals surface area contributed by atoms with E-state index in [2.05, 4.69) is 20.7 Å². The minimum atomic E-state index is -0.289. The minimum absolute atomic E-state index is 0.280. The zero-order valence-corrected chi connectivity index (χ0v) is 11.6. The summed E-state index contributed by atoms with van der Waals surface area (Å²) in [5.41, 5.74) is 4.84. The predicted octanol–water partition coefficient (Wildman–Crippen LogP) is 1.65. The SMILES string of the molecule is Cc1cnc(CNC(=O)c2cc(Cl)ccc2NN)cn1. The lowest BCUT2D eigenvalue weighted by molar-refractivity contribution is 0.0951. The third-order valence-corrected chi connectivity index (χ3v) is 2.88. The molecule has 0 spiro atoms. The Labute approximate surface area is 121 Å². The number of nitrogens with one attached hydrogen (secondary N) is 2. The van der Waals surface area contributed by atoms with Gasteiger partial charge in [-0.3, -0.25) is 20.6 Å². The Kier molecular flexibility index (Phi) is 4.49. The van der Waals surface area contributed by atoms with Crippen molar-refractivity contribution in [2.24, 2.45) is 5.84 Å². The molecule has 0 bridgehead atoms. The quantitative estimate of drug-likeness (QED) is 0.588. The molecule has 104 valence electrons. The largest absolute Gasteiger partial charge is 0.346 e. The van der Waals surface area contributed by atoms with E-state index in [1.807, 2.05) is 6.92 Å². The van der Waals surface area contributed by atoms with Gasteiger partial charge in [0, 0.05) is 11.2 Å². The summed E-state index contributed by atoms with van der Waals surface area (Å²) >= 11 is 5.88. The number of aryl methyl sites for hydroxylation is 1. The number of hydrogen-bond donors (Lipinski definition) is 3. The lowest BCUT2D eigenvalue weighted by atomic mass is 10.1. The van der Waals surface area contributed by atoms with Crippen LogP contribution in [0.15, 0.2) is 30.6 Å². The highest BCUT2D eigenvalue weighted by atomic mass is 35.5. The van der Waals surface area contributed by atoms with Crippen LogP contribution >= 0.6 is 11.6 Å². The van der Waals surface area contributed by atoms with E-state index in [-0.39, 0.29) is 12.5 Å². The standard InChI is InChI=1S/C13H14ClN5O/c1-8-5-17-10(6-16-8)7-18-13(20)11-4-9(14)2-3-12(11)19-15/h2-6,19H,7,15H2,1H3,(H,18,20). The zero-order valence-electron chi connectivity index (χ0n) is 10.9. The lowest BCUT2D eigenvalue weighted by Crippen LogP contribution is -2.25. The predicted molar refractivity (Wildman–Crippen MR) is 77.2 cm³/mol. The topological polar surface area (TPSA) is 92.9 Å². The van der Waals surface area contributed by atoms with Crippen LogP contribution in [0.25, 0.3) is 0 Å². The van der Waals surface area contributed by atoms with Crippen molar-refractivity contribution in [2.45, 2.75) is 13.5 Å². The van der Waals surface area contributed by atoms with Gasteiger partial charge in [-0.2, -0.15) is 0 Å². The van der Waals surface area contributed by atoms with E-state index >= 15 is 0 Å². The van der Waals surface area contributed by atoms with Gasteiger partial charge in [-0.25, -0.2) is 0 Å². The summed E-state index contributed by atoms with van der Waals surface area (Å²) in [5, 5.41) is 3.20. The number of benzene rings is 1. The first kappa shape index (κ1) is 14.2. The van der Waals surface area contributed by atoms with Crippen molar-refractivity contribution in [3.63, 3.8) is 0 Å². The second-order valence-electron chi connectivity index (χ2n) is 4.17. The molecule has 6 nitrogen and oxygen atoms in total. The minimum Gasteiger partial charge on any atom is -0.346 e. The number of halogens is 1. The maximum absolute atomic E-state index is 12.1. The van der Waals surface area contributed by atoms with Crippen molar-refractivity contribution in [1.29, 1.82) is 0 Å².